The molecule has 0 spiro atoms. The van der Waals surface area contributed by atoms with Crippen LogP contribution in [0.2, 0.25) is 0 Å². The van der Waals surface area contributed by atoms with Crippen molar-refractivity contribution in [3.05, 3.63) is 291 Å². The highest BCUT2D eigenvalue weighted by atomic mass is 79.9. The lowest BCUT2D eigenvalue weighted by molar-refractivity contribution is -0.612. The maximum absolute atomic E-state index is 11.6. The molecule has 494 valence electrons. The largest absolute Gasteiger partial charge is 0.618 e. The molecular weight excluding hydrogens is 1360 g/mol. The first-order valence-corrected chi connectivity index (χ1v) is 33.8. The van der Waals surface area contributed by atoms with Crippen molar-refractivity contribution in [1.82, 2.24) is 50.6 Å². The van der Waals surface area contributed by atoms with Gasteiger partial charge >= 0.3 is 13.2 Å². The van der Waals surface area contributed by atoms with Gasteiger partial charge in [-0.25, -0.2) is 14.8 Å². The molecule has 6 aromatic carbocycles. The van der Waals surface area contributed by atoms with Crippen LogP contribution < -0.4 is 25.9 Å². The van der Waals surface area contributed by atoms with E-state index in [1.807, 2.05) is 200 Å². The van der Waals surface area contributed by atoms with Gasteiger partial charge in [0.05, 0.1) is 40.1 Å². The Balaban J connectivity index is 0.000000119. The number of ether oxygens (including phenoxy) is 1. The monoisotopic (exact) mass is 1430 g/mol. The summed E-state index contributed by atoms with van der Waals surface area (Å²) in [6.45, 7) is 14.7. The van der Waals surface area contributed by atoms with Crippen LogP contribution in [0.1, 0.15) is 82.2 Å². The Bertz CT molecular complexity index is 4730. The van der Waals surface area contributed by atoms with E-state index in [0.29, 0.717) is 13.1 Å². The number of aromatic nitrogens is 11. The Morgan fingerprint density at radius 3 is 1.92 bits per heavy atom. The van der Waals surface area contributed by atoms with E-state index < -0.39 is 11.7 Å². The second kappa shape index (κ2) is 31.7. The summed E-state index contributed by atoms with van der Waals surface area (Å²) in [4.78, 5) is 28.5. The van der Waals surface area contributed by atoms with Gasteiger partial charge in [0.15, 0.2) is 17.5 Å². The number of hydrogen-bond acceptors (Lipinski definition) is 13. The third-order valence-corrected chi connectivity index (χ3v) is 17.7. The molecule has 4 N–H and O–H groups in total. The topological polar surface area (TPSA) is 221 Å². The summed E-state index contributed by atoms with van der Waals surface area (Å²) in [6, 6.07) is 70.1. The minimum atomic E-state index is -0.491. The summed E-state index contributed by atoms with van der Waals surface area (Å²) in [6.07, 6.45) is 11.1. The normalized spacial score (nSPS) is 13.3. The standard InChI is InChI=1S/C19H31BN2O4.C12H8BrN.C12H9NO.C12H9N.C11H8N4.C6H5N3.C5H4BrN/c1-17(2,3)24-16(23)22-12-11-21-15-10-8-9-14(13-15)20-25-18(4,5)19(6,7)26-20;13-10-5-6-14-11-7-8-3-1-2-4-9(8)12(10)11;14-13-7-3-6-11-10-5-2-1-4-9(10)8-12(11)13;1-2-5-10-9(4-1)8-12-11(10)6-3-7-13-12;1-2-6-10-9(5-1)13-14-15(10)11-7-3-4-8-12-11;1-2-4-6-5(3-1)7-9-8-6;6-5-3-1-2-4-7-5/h8-10,13,21H,11-12H2,1-7H3,(H,22,23);1-6H,7H2;1-7H,8H2;1-7H,8H2;1-8H;1-4H,(H,7,8,9);1-4H/p+1. The third kappa shape index (κ3) is 17.4. The second-order valence-corrected chi connectivity index (χ2v) is 26.7. The zero-order valence-corrected chi connectivity index (χ0v) is 58.7. The fourth-order valence-electron chi connectivity index (χ4n) is 11.1. The highest BCUT2D eigenvalue weighted by Gasteiger charge is 2.51. The summed E-state index contributed by atoms with van der Waals surface area (Å²) in [5, 5.41) is 35.1. The van der Waals surface area contributed by atoms with Gasteiger partial charge in [-0.3, -0.25) is 9.97 Å². The van der Waals surface area contributed by atoms with Crippen molar-refractivity contribution in [3.8, 4) is 39.2 Å². The molecule has 21 heteroatoms. The maximum atomic E-state index is 11.6. The average Bonchev–Trinajstić information content (AvgIpc) is 1.67. The average molecular weight is 1430 g/mol. The molecule has 7 aromatic heterocycles. The number of carbonyl (C=O) groups is 1. The molecule has 18 nitrogen and oxygen atoms in total. The van der Waals surface area contributed by atoms with Crippen LogP contribution in [0.5, 0.6) is 0 Å². The molecule has 4 aliphatic rings. The van der Waals surface area contributed by atoms with E-state index in [1.54, 1.807) is 29.3 Å². The summed E-state index contributed by atoms with van der Waals surface area (Å²) in [5.74, 6) is 0.784. The van der Waals surface area contributed by atoms with E-state index in [9.17, 15) is 10.0 Å². The minimum Gasteiger partial charge on any atom is -0.618 e. The van der Waals surface area contributed by atoms with Crippen LogP contribution in [-0.4, -0.2) is 88.3 Å². The number of fused-ring (bicyclic) bond motifs is 11. The number of amides is 1. The number of benzene rings is 6. The predicted molar refractivity (Wildman–Crippen MR) is 392 cm³/mol. The molecule has 0 saturated carbocycles. The zero-order chi connectivity index (χ0) is 68.7. The summed E-state index contributed by atoms with van der Waals surface area (Å²) in [5.41, 5.74) is 19.4. The summed E-state index contributed by atoms with van der Waals surface area (Å²) >= 11 is 6.78. The molecule has 1 aliphatic heterocycles. The number of hydrogen-bond donors (Lipinski definition) is 3. The van der Waals surface area contributed by atoms with Crippen LogP contribution in [0, 0.1) is 5.21 Å². The molecule has 1 fully saturated rings. The van der Waals surface area contributed by atoms with Gasteiger partial charge in [-0.05, 0) is 182 Å². The van der Waals surface area contributed by atoms with E-state index in [2.05, 4.69) is 155 Å². The molecule has 13 aromatic rings. The van der Waals surface area contributed by atoms with Gasteiger partial charge < -0.3 is 29.9 Å². The number of rotatable bonds is 6. The van der Waals surface area contributed by atoms with E-state index in [1.165, 1.54) is 55.9 Å². The zero-order valence-electron chi connectivity index (χ0n) is 55.5. The SMILES string of the molecule is Brc1ccccn1.Brc1ccnc2c1-c1ccccc1C2.CC(C)(C)OC(=O)NCCNc1cccc(B2OC(C)(C)C(C)(C)O2)c1.[O-][n+]1cccc2c1Cc1ccccc1-2.c1ccc(-n2nnc3ccccc32)nc1.c1ccc2[nH+][nH]nc2c1.c1ccc2c(c1)Cc1ncccc1-2. The van der Waals surface area contributed by atoms with Crippen LogP contribution in [0.3, 0.4) is 0 Å². The molecule has 1 amide bonds. The lowest BCUT2D eigenvalue weighted by Crippen LogP contribution is -2.41. The number of nitrogens with zero attached hydrogens (tertiary/aromatic N) is 9. The molecule has 8 heterocycles. The van der Waals surface area contributed by atoms with Gasteiger partial charge in [0.2, 0.25) is 11.2 Å². The van der Waals surface area contributed by atoms with E-state index in [4.69, 9.17) is 14.0 Å². The molecule has 0 unspecified atom stereocenters. The van der Waals surface area contributed by atoms with E-state index in [0.717, 1.165) is 83.4 Å². The smallest absolute Gasteiger partial charge is 0.494 e. The fraction of sp³-hybridized carbons (Fsp3) is 0.195. The van der Waals surface area contributed by atoms with Crippen molar-refractivity contribution in [2.45, 2.75) is 84.5 Å². The number of anilines is 1. The number of aromatic amines is 2. The van der Waals surface area contributed by atoms with Gasteiger partial charge in [0.25, 0.3) is 0 Å². The van der Waals surface area contributed by atoms with Gasteiger partial charge in [0, 0.05) is 83.2 Å². The molecule has 0 radical (unpaired) electrons. The number of para-hydroxylation sites is 3. The molecule has 0 atom stereocenters. The molecular formula is C77H75BBr2N13O5+. The Labute approximate surface area is 587 Å². The third-order valence-electron chi connectivity index (χ3n) is 16.6. The number of H-pyrrole nitrogens is 2. The van der Waals surface area contributed by atoms with Gasteiger partial charge in [-0.1, -0.05) is 154 Å². The van der Waals surface area contributed by atoms with Gasteiger partial charge in [-0.2, -0.15) is 14.5 Å². The summed E-state index contributed by atoms with van der Waals surface area (Å²) in [7, 11) is -0.387. The number of halogens is 2. The van der Waals surface area contributed by atoms with Crippen LogP contribution in [-0.2, 0) is 33.3 Å². The lowest BCUT2D eigenvalue weighted by atomic mass is 9.79. The minimum absolute atomic E-state index is 0.363. The predicted octanol–water partition coefficient (Wildman–Crippen LogP) is 14.9. The Morgan fingerprint density at radius 1 is 0.622 bits per heavy atom. The first-order valence-electron chi connectivity index (χ1n) is 32.2. The lowest BCUT2D eigenvalue weighted by Gasteiger charge is -2.32. The summed E-state index contributed by atoms with van der Waals surface area (Å²) < 4.78 is 22.1. The van der Waals surface area contributed by atoms with Crippen molar-refractivity contribution in [2.24, 2.45) is 0 Å². The first kappa shape index (κ1) is 69.0. The Morgan fingerprint density at radius 2 is 1.22 bits per heavy atom. The van der Waals surface area contributed by atoms with Crippen LogP contribution in [0.4, 0.5) is 10.5 Å². The van der Waals surface area contributed by atoms with Crippen molar-refractivity contribution < 1.29 is 28.7 Å². The fourth-order valence-corrected chi connectivity index (χ4v) is 12.0. The Hall–Kier alpha value is -10.3. The van der Waals surface area contributed by atoms with Crippen LogP contribution >= 0.6 is 31.9 Å². The second-order valence-electron chi connectivity index (χ2n) is 25.1. The van der Waals surface area contributed by atoms with Crippen LogP contribution in [0.25, 0.3) is 61.3 Å². The molecule has 17 rings (SSSR count). The number of carbonyl (C=O) groups excluding carboxylic acids is 1. The highest BCUT2D eigenvalue weighted by Crippen LogP contribution is 2.40. The van der Waals surface area contributed by atoms with Crippen molar-refractivity contribution in [3.63, 3.8) is 0 Å². The number of alkyl carbamates (subject to hydrolysis) is 1. The van der Waals surface area contributed by atoms with E-state index >= 15 is 0 Å². The van der Waals surface area contributed by atoms with Crippen molar-refractivity contribution >= 4 is 78.3 Å². The highest BCUT2D eigenvalue weighted by molar-refractivity contribution is 9.10. The Kier molecular flexibility index (Phi) is 22.3. The molecule has 1 saturated heterocycles. The van der Waals surface area contributed by atoms with E-state index in [-0.39, 0.29) is 18.3 Å². The van der Waals surface area contributed by atoms with Gasteiger partial charge in [-0.15, -0.1) is 5.10 Å². The molecule has 98 heavy (non-hydrogen) atoms. The molecule has 3 aliphatic carbocycles. The van der Waals surface area contributed by atoms with Gasteiger partial charge in [0.1, 0.15) is 15.7 Å². The quantitative estimate of drug-likeness (QED) is 0.0464. The van der Waals surface area contributed by atoms with Crippen LogP contribution in [0.15, 0.2) is 252 Å². The van der Waals surface area contributed by atoms with Crippen molar-refractivity contribution in [1.29, 1.82) is 0 Å². The number of nitrogens with one attached hydrogen (secondary N) is 4. The molecule has 0 bridgehead atoms. The van der Waals surface area contributed by atoms with Crippen molar-refractivity contribution in [2.75, 3.05) is 18.4 Å². The number of pyridine rings is 5. The first-order chi connectivity index (χ1) is 47.4. The maximum Gasteiger partial charge on any atom is 0.494 e.